The van der Waals surface area contributed by atoms with Gasteiger partial charge in [-0.15, -0.1) is 0 Å². The molecule has 19 heavy (non-hydrogen) atoms. The minimum atomic E-state index is -0.961. The number of aromatic nitrogens is 1. The fourth-order valence-corrected chi connectivity index (χ4v) is 3.12. The first-order valence-electron chi connectivity index (χ1n) is 6.92. The molecular formula is C15H21NO3. The Hall–Kier alpha value is -1.58. The summed E-state index contributed by atoms with van der Waals surface area (Å²) in [6.07, 6.45) is 7.49. The highest BCUT2D eigenvalue weighted by Gasteiger charge is 2.33. The number of hydrogen-bond donors (Lipinski definition) is 1. The van der Waals surface area contributed by atoms with Gasteiger partial charge in [-0.25, -0.2) is 4.79 Å². The summed E-state index contributed by atoms with van der Waals surface area (Å²) in [5.41, 5.74) is 0.920. The Morgan fingerprint density at radius 2 is 2.00 bits per heavy atom. The molecule has 1 fully saturated rings. The Balaban J connectivity index is 2.32. The summed E-state index contributed by atoms with van der Waals surface area (Å²) in [7, 11) is 0. The average molecular weight is 263 g/mol. The highest BCUT2D eigenvalue weighted by atomic mass is 16.4. The molecule has 1 aliphatic rings. The molecule has 1 aromatic heterocycles. The largest absolute Gasteiger partial charge is 0.477 e. The Bertz CT molecular complexity index is 495. The third-order valence-electron chi connectivity index (χ3n) is 4.44. The van der Waals surface area contributed by atoms with Crippen molar-refractivity contribution in [2.45, 2.75) is 52.5 Å². The lowest BCUT2D eigenvalue weighted by Gasteiger charge is -2.28. The molecular weight excluding hydrogens is 242 g/mol. The van der Waals surface area contributed by atoms with Crippen molar-refractivity contribution in [2.24, 2.45) is 5.41 Å². The summed E-state index contributed by atoms with van der Waals surface area (Å²) in [5.74, 6) is -1.05. The van der Waals surface area contributed by atoms with Gasteiger partial charge in [0.25, 0.3) is 0 Å². The van der Waals surface area contributed by atoms with Gasteiger partial charge >= 0.3 is 5.97 Å². The smallest absolute Gasteiger partial charge is 0.352 e. The molecule has 1 saturated carbocycles. The van der Waals surface area contributed by atoms with Gasteiger partial charge in [0.15, 0.2) is 5.78 Å². The monoisotopic (exact) mass is 263 g/mol. The van der Waals surface area contributed by atoms with Gasteiger partial charge in [0, 0.05) is 18.3 Å². The first-order valence-corrected chi connectivity index (χ1v) is 6.92. The van der Waals surface area contributed by atoms with Crippen molar-refractivity contribution in [1.29, 1.82) is 0 Å². The van der Waals surface area contributed by atoms with Gasteiger partial charge in [-0.05, 0) is 37.7 Å². The van der Waals surface area contributed by atoms with E-state index in [0.717, 1.165) is 19.3 Å². The van der Waals surface area contributed by atoms with Gasteiger partial charge < -0.3 is 9.67 Å². The number of carbonyl (C=O) groups is 2. The van der Waals surface area contributed by atoms with Crippen LogP contribution in [-0.4, -0.2) is 21.4 Å². The van der Waals surface area contributed by atoms with E-state index >= 15 is 0 Å². The van der Waals surface area contributed by atoms with Crippen LogP contribution in [0.15, 0.2) is 12.3 Å². The number of ketones is 1. The maximum atomic E-state index is 11.4. The number of carboxylic acid groups (broad SMARTS) is 1. The summed E-state index contributed by atoms with van der Waals surface area (Å²) < 4.78 is 1.76. The zero-order valence-electron chi connectivity index (χ0n) is 11.6. The summed E-state index contributed by atoms with van der Waals surface area (Å²) >= 11 is 0. The van der Waals surface area contributed by atoms with Crippen molar-refractivity contribution in [3.63, 3.8) is 0 Å². The van der Waals surface area contributed by atoms with Crippen LogP contribution in [0.1, 0.15) is 66.8 Å². The van der Waals surface area contributed by atoms with Crippen molar-refractivity contribution >= 4 is 11.8 Å². The van der Waals surface area contributed by atoms with E-state index in [0.29, 0.717) is 12.1 Å². The van der Waals surface area contributed by atoms with Crippen LogP contribution in [0.5, 0.6) is 0 Å². The zero-order chi connectivity index (χ0) is 14.0. The first-order chi connectivity index (χ1) is 8.97. The highest BCUT2D eigenvalue weighted by Crippen LogP contribution is 2.42. The molecule has 0 saturated heterocycles. The summed E-state index contributed by atoms with van der Waals surface area (Å²) in [6.45, 7) is 4.34. The standard InChI is InChI=1S/C15H21NO3/c1-3-15(6-4-5-7-15)10-16-9-12(11(2)17)8-13(16)14(18)19/h8-9H,3-7,10H2,1-2H3,(H,18,19). The number of aromatic carboxylic acids is 1. The Kier molecular flexibility index (Phi) is 3.78. The minimum absolute atomic E-state index is 0.0850. The number of carboxylic acids is 1. The molecule has 0 radical (unpaired) electrons. The van der Waals surface area contributed by atoms with Crippen LogP contribution in [0, 0.1) is 5.41 Å². The maximum Gasteiger partial charge on any atom is 0.352 e. The first kappa shape index (κ1) is 13.8. The molecule has 0 unspecified atom stereocenters. The van der Waals surface area contributed by atoms with Crippen molar-refractivity contribution in [3.8, 4) is 0 Å². The third-order valence-corrected chi connectivity index (χ3v) is 4.44. The molecule has 4 heteroatoms. The van der Waals surface area contributed by atoms with Crippen LogP contribution >= 0.6 is 0 Å². The molecule has 0 amide bonds. The lowest BCUT2D eigenvalue weighted by molar-refractivity contribution is 0.0680. The van der Waals surface area contributed by atoms with Crippen LogP contribution in [-0.2, 0) is 6.54 Å². The van der Waals surface area contributed by atoms with Gasteiger partial charge in [0.05, 0.1) is 0 Å². The van der Waals surface area contributed by atoms with Crippen molar-refractivity contribution in [2.75, 3.05) is 0 Å². The lowest BCUT2D eigenvalue weighted by atomic mass is 9.83. The summed E-state index contributed by atoms with van der Waals surface area (Å²) in [4.78, 5) is 22.7. The SMILES string of the molecule is CCC1(Cn2cc(C(C)=O)cc2C(=O)O)CCCC1. The van der Waals surface area contributed by atoms with Crippen LogP contribution in [0.2, 0.25) is 0 Å². The molecule has 104 valence electrons. The Labute approximate surface area is 113 Å². The van der Waals surface area contributed by atoms with Crippen LogP contribution in [0.4, 0.5) is 0 Å². The minimum Gasteiger partial charge on any atom is -0.477 e. The molecule has 0 aromatic carbocycles. The van der Waals surface area contributed by atoms with Crippen molar-refractivity contribution in [3.05, 3.63) is 23.5 Å². The van der Waals surface area contributed by atoms with E-state index in [9.17, 15) is 14.7 Å². The quantitative estimate of drug-likeness (QED) is 0.829. The number of carbonyl (C=O) groups excluding carboxylic acids is 1. The second-order valence-electron chi connectivity index (χ2n) is 5.66. The molecule has 0 aliphatic heterocycles. The number of hydrogen-bond acceptors (Lipinski definition) is 2. The van der Waals surface area contributed by atoms with E-state index < -0.39 is 5.97 Å². The molecule has 1 aliphatic carbocycles. The molecule has 0 atom stereocenters. The van der Waals surface area contributed by atoms with Crippen LogP contribution in [0.3, 0.4) is 0 Å². The maximum absolute atomic E-state index is 11.4. The van der Waals surface area contributed by atoms with E-state index in [1.807, 2.05) is 0 Å². The molecule has 0 bridgehead atoms. The predicted molar refractivity (Wildman–Crippen MR) is 72.6 cm³/mol. The summed E-state index contributed by atoms with van der Waals surface area (Å²) in [5, 5.41) is 9.26. The van der Waals surface area contributed by atoms with E-state index in [2.05, 4.69) is 6.92 Å². The predicted octanol–water partition coefficient (Wildman–Crippen LogP) is 3.36. The highest BCUT2D eigenvalue weighted by molar-refractivity contribution is 5.97. The molecule has 1 aromatic rings. The fourth-order valence-electron chi connectivity index (χ4n) is 3.12. The second kappa shape index (κ2) is 5.19. The lowest BCUT2D eigenvalue weighted by Crippen LogP contribution is -2.24. The van der Waals surface area contributed by atoms with E-state index in [-0.39, 0.29) is 16.9 Å². The van der Waals surface area contributed by atoms with Crippen molar-refractivity contribution < 1.29 is 14.7 Å². The topological polar surface area (TPSA) is 59.3 Å². The molecule has 0 spiro atoms. The van der Waals surface area contributed by atoms with Gasteiger partial charge in [0.2, 0.25) is 0 Å². The van der Waals surface area contributed by atoms with Crippen LogP contribution in [0.25, 0.3) is 0 Å². The average Bonchev–Trinajstić information content (AvgIpc) is 2.97. The number of nitrogens with zero attached hydrogens (tertiary/aromatic N) is 1. The Morgan fingerprint density at radius 1 is 1.37 bits per heavy atom. The van der Waals surface area contributed by atoms with Crippen LogP contribution < -0.4 is 0 Å². The molecule has 4 nitrogen and oxygen atoms in total. The van der Waals surface area contributed by atoms with Gasteiger partial charge in [-0.3, -0.25) is 4.79 Å². The van der Waals surface area contributed by atoms with Gasteiger partial charge in [-0.2, -0.15) is 0 Å². The number of rotatable bonds is 5. The second-order valence-corrected chi connectivity index (χ2v) is 5.66. The third kappa shape index (κ3) is 2.72. The zero-order valence-corrected chi connectivity index (χ0v) is 11.6. The van der Waals surface area contributed by atoms with Gasteiger partial charge in [-0.1, -0.05) is 19.8 Å². The summed E-state index contributed by atoms with van der Waals surface area (Å²) in [6, 6.07) is 1.49. The normalized spacial score (nSPS) is 17.6. The van der Waals surface area contributed by atoms with E-state index in [4.69, 9.17) is 0 Å². The Morgan fingerprint density at radius 3 is 2.47 bits per heavy atom. The van der Waals surface area contributed by atoms with Gasteiger partial charge in [0.1, 0.15) is 5.69 Å². The van der Waals surface area contributed by atoms with E-state index in [1.165, 1.54) is 25.8 Å². The van der Waals surface area contributed by atoms with Crippen molar-refractivity contribution in [1.82, 2.24) is 4.57 Å². The van der Waals surface area contributed by atoms with E-state index in [1.54, 1.807) is 10.8 Å². The fraction of sp³-hybridized carbons (Fsp3) is 0.600. The molecule has 1 N–H and O–H groups in total. The number of Topliss-reactive ketones (excluding diaryl/α,β-unsaturated/α-hetero) is 1. The molecule has 2 rings (SSSR count). The molecule has 1 heterocycles.